The monoisotopic (exact) mass is 504 g/mol. The number of ether oxygens (including phenoxy) is 3. The van der Waals surface area contributed by atoms with Crippen LogP contribution in [0.25, 0.3) is 10.8 Å². The first-order valence-corrected chi connectivity index (χ1v) is 14.2. The minimum absolute atomic E-state index is 0.413. The third-order valence-corrected chi connectivity index (χ3v) is 6.80. The van der Waals surface area contributed by atoms with Gasteiger partial charge in [0.2, 0.25) is 0 Å². The van der Waals surface area contributed by atoms with E-state index < -0.39 is 5.97 Å². The zero-order valence-corrected chi connectivity index (χ0v) is 23.2. The van der Waals surface area contributed by atoms with Gasteiger partial charge in [0, 0.05) is 10.8 Å². The molecule has 3 aromatic rings. The predicted octanol–water partition coefficient (Wildman–Crippen LogP) is 9.37. The number of para-hydroxylation sites is 1. The van der Waals surface area contributed by atoms with Gasteiger partial charge in [0.05, 0.1) is 13.2 Å². The number of hydrogen-bond donors (Lipinski definition) is 0. The Morgan fingerprint density at radius 1 is 0.676 bits per heavy atom. The van der Waals surface area contributed by atoms with Crippen molar-refractivity contribution in [3.63, 3.8) is 0 Å². The second-order valence-corrected chi connectivity index (χ2v) is 9.93. The Morgan fingerprint density at radius 3 is 1.97 bits per heavy atom. The lowest BCUT2D eigenvalue weighted by Gasteiger charge is -2.19. The summed E-state index contributed by atoms with van der Waals surface area (Å²) in [4.78, 5) is 13.5. The molecule has 0 atom stereocenters. The van der Waals surface area contributed by atoms with Crippen LogP contribution in [0.4, 0.5) is 0 Å². The van der Waals surface area contributed by atoms with Crippen LogP contribution in [0.15, 0.2) is 48.5 Å². The van der Waals surface area contributed by atoms with E-state index in [4.69, 9.17) is 14.2 Å². The van der Waals surface area contributed by atoms with Crippen LogP contribution >= 0.6 is 0 Å². The number of rotatable bonds is 16. The van der Waals surface area contributed by atoms with Gasteiger partial charge < -0.3 is 14.2 Å². The van der Waals surface area contributed by atoms with Gasteiger partial charge in [-0.25, -0.2) is 4.79 Å². The van der Waals surface area contributed by atoms with Crippen LogP contribution in [-0.2, 0) is 0 Å². The van der Waals surface area contributed by atoms with E-state index in [9.17, 15) is 4.79 Å². The molecule has 0 amide bonds. The molecule has 0 unspecified atom stereocenters. The molecule has 0 bridgehead atoms. The molecule has 200 valence electrons. The van der Waals surface area contributed by atoms with E-state index in [0.717, 1.165) is 53.3 Å². The molecule has 0 saturated carbocycles. The Morgan fingerprint density at radius 2 is 1.30 bits per heavy atom. The van der Waals surface area contributed by atoms with Gasteiger partial charge in [-0.05, 0) is 49.9 Å². The Kier molecular flexibility index (Phi) is 11.8. The van der Waals surface area contributed by atoms with Crippen molar-refractivity contribution in [3.05, 3.63) is 65.2 Å². The number of esters is 1. The third kappa shape index (κ3) is 8.24. The summed E-state index contributed by atoms with van der Waals surface area (Å²) in [6, 6.07) is 15.5. The molecule has 4 heteroatoms. The van der Waals surface area contributed by atoms with Crippen molar-refractivity contribution in [3.8, 4) is 17.2 Å². The summed E-state index contributed by atoms with van der Waals surface area (Å²) in [5, 5.41) is 1.90. The number of hydrogen-bond acceptors (Lipinski definition) is 4. The molecule has 0 fully saturated rings. The van der Waals surface area contributed by atoms with Gasteiger partial charge >= 0.3 is 5.97 Å². The quantitative estimate of drug-likeness (QED) is 0.111. The maximum absolute atomic E-state index is 13.5. The van der Waals surface area contributed by atoms with Crippen LogP contribution in [0.2, 0.25) is 0 Å². The first-order valence-electron chi connectivity index (χ1n) is 14.2. The van der Waals surface area contributed by atoms with Gasteiger partial charge in [-0.1, -0.05) is 102 Å². The number of carbonyl (C=O) groups excluding carboxylic acids is 1. The van der Waals surface area contributed by atoms with Crippen molar-refractivity contribution < 1.29 is 19.0 Å². The number of benzene rings is 3. The maximum atomic E-state index is 13.5. The average molecular weight is 505 g/mol. The molecular weight excluding hydrogens is 460 g/mol. The van der Waals surface area contributed by atoms with Gasteiger partial charge in [-0.15, -0.1) is 0 Å². The van der Waals surface area contributed by atoms with Crippen LogP contribution in [0.3, 0.4) is 0 Å². The highest BCUT2D eigenvalue weighted by Crippen LogP contribution is 2.39. The van der Waals surface area contributed by atoms with E-state index in [1.807, 2.05) is 49.4 Å². The van der Waals surface area contributed by atoms with Crippen LogP contribution in [0.5, 0.6) is 17.2 Å². The number of unbranched alkanes of at least 4 members (excludes halogenated alkanes) is 8. The van der Waals surface area contributed by atoms with E-state index in [2.05, 4.69) is 26.8 Å². The summed E-state index contributed by atoms with van der Waals surface area (Å²) in [5.41, 5.74) is 2.43. The van der Waals surface area contributed by atoms with Gasteiger partial charge in [0.25, 0.3) is 0 Å². The minimum atomic E-state index is -0.425. The van der Waals surface area contributed by atoms with Crippen molar-refractivity contribution in [2.75, 3.05) is 13.2 Å². The lowest BCUT2D eigenvalue weighted by molar-refractivity contribution is 0.0728. The van der Waals surface area contributed by atoms with E-state index in [1.165, 1.54) is 38.5 Å². The summed E-state index contributed by atoms with van der Waals surface area (Å²) in [7, 11) is 0. The molecule has 0 radical (unpaired) electrons. The highest BCUT2D eigenvalue weighted by molar-refractivity contribution is 6.05. The highest BCUT2D eigenvalue weighted by atomic mass is 16.5. The number of aryl methyl sites for hydroxylation is 2. The summed E-state index contributed by atoms with van der Waals surface area (Å²) in [6.45, 7) is 9.64. The van der Waals surface area contributed by atoms with E-state index in [-0.39, 0.29) is 0 Å². The van der Waals surface area contributed by atoms with Crippen molar-refractivity contribution in [2.24, 2.45) is 0 Å². The number of fused-ring (bicyclic) bond motifs is 1. The van der Waals surface area contributed by atoms with Crippen molar-refractivity contribution in [1.29, 1.82) is 0 Å². The summed E-state index contributed by atoms with van der Waals surface area (Å²) in [6.07, 6.45) is 11.5. The second-order valence-electron chi connectivity index (χ2n) is 9.93. The minimum Gasteiger partial charge on any atom is -0.493 e. The lowest BCUT2D eigenvalue weighted by Crippen LogP contribution is -2.13. The third-order valence-electron chi connectivity index (χ3n) is 6.80. The van der Waals surface area contributed by atoms with Crippen LogP contribution in [0.1, 0.15) is 99.5 Å². The molecule has 0 N–H and O–H groups in total. The fourth-order valence-electron chi connectivity index (χ4n) is 4.61. The second kappa shape index (κ2) is 15.3. The molecule has 4 nitrogen and oxygen atoms in total. The van der Waals surface area contributed by atoms with Gasteiger partial charge in [0.15, 0.2) is 0 Å². The van der Waals surface area contributed by atoms with Crippen molar-refractivity contribution >= 4 is 16.7 Å². The Labute approximate surface area is 223 Å². The Bertz CT molecular complexity index is 1130. The fraction of sp³-hybridized carbons (Fsp3) is 0.485. The molecule has 3 rings (SSSR count). The van der Waals surface area contributed by atoms with Crippen molar-refractivity contribution in [2.45, 2.75) is 91.9 Å². The molecule has 0 saturated heterocycles. The number of carbonyl (C=O) groups is 1. The van der Waals surface area contributed by atoms with Crippen LogP contribution < -0.4 is 14.2 Å². The molecule has 0 spiro atoms. The molecule has 3 aromatic carbocycles. The summed E-state index contributed by atoms with van der Waals surface area (Å²) < 4.78 is 18.5. The molecular formula is C33H44O4. The SMILES string of the molecule is CCCCCCCOc1c(C(=O)Oc2ccccc2C)cc(OCCCCCCC)c2c(C)cccc12. The average Bonchev–Trinajstić information content (AvgIpc) is 2.90. The van der Waals surface area contributed by atoms with E-state index >= 15 is 0 Å². The fourth-order valence-corrected chi connectivity index (χ4v) is 4.61. The van der Waals surface area contributed by atoms with E-state index in [1.54, 1.807) is 0 Å². The molecule has 37 heavy (non-hydrogen) atoms. The van der Waals surface area contributed by atoms with Crippen LogP contribution in [-0.4, -0.2) is 19.2 Å². The van der Waals surface area contributed by atoms with Gasteiger partial charge in [-0.2, -0.15) is 0 Å². The molecule has 0 heterocycles. The van der Waals surface area contributed by atoms with Crippen LogP contribution in [0, 0.1) is 13.8 Å². The maximum Gasteiger partial charge on any atom is 0.347 e. The highest BCUT2D eigenvalue weighted by Gasteiger charge is 2.23. The topological polar surface area (TPSA) is 44.8 Å². The normalized spacial score (nSPS) is 11.0. The Hall–Kier alpha value is -3.01. The zero-order valence-electron chi connectivity index (χ0n) is 23.2. The van der Waals surface area contributed by atoms with Gasteiger partial charge in [0.1, 0.15) is 22.8 Å². The van der Waals surface area contributed by atoms with Gasteiger partial charge in [-0.3, -0.25) is 0 Å². The molecule has 0 aliphatic heterocycles. The predicted molar refractivity (Wildman–Crippen MR) is 153 cm³/mol. The molecule has 0 aliphatic carbocycles. The standard InChI is InChI=1S/C33H44O4/c1-5-7-9-11-15-22-35-30-24-28(33(34)37-29-21-14-13-18-25(29)3)32(36-23-16-12-10-8-6-2)27-20-17-19-26(4)31(27)30/h13-14,17-21,24H,5-12,15-16,22-23H2,1-4H3. The molecule has 0 aromatic heterocycles. The van der Waals surface area contributed by atoms with Crippen molar-refractivity contribution in [1.82, 2.24) is 0 Å². The first-order chi connectivity index (χ1) is 18.1. The summed E-state index contributed by atoms with van der Waals surface area (Å²) in [5.74, 6) is 1.44. The lowest BCUT2D eigenvalue weighted by atomic mass is 10.00. The Balaban J connectivity index is 1.93. The molecule has 0 aliphatic rings. The zero-order chi connectivity index (χ0) is 26.5. The summed E-state index contributed by atoms with van der Waals surface area (Å²) >= 11 is 0. The van der Waals surface area contributed by atoms with E-state index in [0.29, 0.717) is 30.3 Å². The largest absolute Gasteiger partial charge is 0.493 e. The first kappa shape index (κ1) is 28.6. The smallest absolute Gasteiger partial charge is 0.347 e.